The quantitative estimate of drug-likeness (QED) is 0.798. The average molecular weight is 322 g/mol. The van der Waals surface area contributed by atoms with Gasteiger partial charge in [0.05, 0.1) is 10.8 Å². The number of rotatable bonds is 8. The molecule has 1 aromatic rings. The van der Waals surface area contributed by atoms with Crippen molar-refractivity contribution in [2.24, 2.45) is 0 Å². The number of sulfone groups is 1. The molecule has 0 spiro atoms. The molecule has 0 aliphatic rings. The van der Waals surface area contributed by atoms with Crippen molar-refractivity contribution >= 4 is 21.4 Å². The lowest BCUT2D eigenvalue weighted by molar-refractivity contribution is 0.505. The molecule has 0 saturated carbocycles. The van der Waals surface area contributed by atoms with Crippen LogP contribution in [0.5, 0.6) is 0 Å². The molecular formula is C14H21ClFNO2S. The fourth-order valence-corrected chi connectivity index (χ4v) is 3.10. The maximum Gasteiger partial charge on any atom is 0.150 e. The van der Waals surface area contributed by atoms with Gasteiger partial charge in [0.25, 0.3) is 0 Å². The number of hydrogen-bond acceptors (Lipinski definition) is 3. The third kappa shape index (κ3) is 5.38. The van der Waals surface area contributed by atoms with Crippen molar-refractivity contribution < 1.29 is 12.8 Å². The van der Waals surface area contributed by atoms with E-state index >= 15 is 0 Å². The Morgan fingerprint density at radius 1 is 1.35 bits per heavy atom. The van der Waals surface area contributed by atoms with Gasteiger partial charge in [-0.05, 0) is 37.1 Å². The Morgan fingerprint density at radius 2 is 2.05 bits per heavy atom. The van der Waals surface area contributed by atoms with Gasteiger partial charge < -0.3 is 5.32 Å². The average Bonchev–Trinajstić information content (AvgIpc) is 2.41. The van der Waals surface area contributed by atoms with Crippen LogP contribution in [0.1, 0.15) is 38.3 Å². The van der Waals surface area contributed by atoms with Crippen LogP contribution in [0.3, 0.4) is 0 Å². The van der Waals surface area contributed by atoms with Gasteiger partial charge in [-0.25, -0.2) is 12.8 Å². The zero-order chi connectivity index (χ0) is 15.2. The summed E-state index contributed by atoms with van der Waals surface area (Å²) in [6, 6.07) is 4.61. The Labute approximate surface area is 125 Å². The lowest BCUT2D eigenvalue weighted by Crippen LogP contribution is -2.22. The lowest BCUT2D eigenvalue weighted by Gasteiger charge is -2.18. The summed E-state index contributed by atoms with van der Waals surface area (Å²) in [6.45, 7) is 4.37. The maximum atomic E-state index is 13.2. The molecule has 0 bridgehead atoms. The van der Waals surface area contributed by atoms with E-state index in [2.05, 4.69) is 5.32 Å². The Bertz CT molecular complexity index is 534. The zero-order valence-electron chi connectivity index (χ0n) is 11.8. The van der Waals surface area contributed by atoms with Crippen molar-refractivity contribution in [1.29, 1.82) is 0 Å². The van der Waals surface area contributed by atoms with E-state index < -0.39 is 15.7 Å². The third-order valence-corrected chi connectivity index (χ3v) is 5.26. The molecule has 114 valence electrons. The van der Waals surface area contributed by atoms with E-state index in [4.69, 9.17) is 11.6 Å². The van der Waals surface area contributed by atoms with Crippen LogP contribution in [0.15, 0.2) is 18.2 Å². The molecule has 0 heterocycles. The predicted octanol–water partition coefficient (Wildman–Crippen LogP) is 3.34. The minimum Gasteiger partial charge on any atom is -0.310 e. The summed E-state index contributed by atoms with van der Waals surface area (Å²) in [4.78, 5) is 0. The first-order chi connectivity index (χ1) is 9.39. The largest absolute Gasteiger partial charge is 0.310 e. The molecule has 0 aliphatic carbocycles. The molecule has 6 heteroatoms. The number of hydrogen-bond donors (Lipinski definition) is 1. The first-order valence-corrected chi connectivity index (χ1v) is 8.98. The minimum absolute atomic E-state index is 0.00911. The van der Waals surface area contributed by atoms with Crippen LogP contribution in [-0.2, 0) is 9.84 Å². The van der Waals surface area contributed by atoms with E-state index in [9.17, 15) is 12.8 Å². The van der Waals surface area contributed by atoms with Gasteiger partial charge in [-0.15, -0.1) is 0 Å². The van der Waals surface area contributed by atoms with Crippen LogP contribution in [0.4, 0.5) is 4.39 Å². The Morgan fingerprint density at radius 3 is 2.60 bits per heavy atom. The van der Waals surface area contributed by atoms with Crippen molar-refractivity contribution in [3.8, 4) is 0 Å². The van der Waals surface area contributed by atoms with E-state index in [-0.39, 0.29) is 22.6 Å². The molecule has 0 aliphatic heterocycles. The summed E-state index contributed by atoms with van der Waals surface area (Å²) in [5.74, 6) is -0.0964. The number of halogens is 2. The normalized spacial score (nSPS) is 13.4. The molecule has 1 atom stereocenters. The summed E-state index contributed by atoms with van der Waals surface area (Å²) in [5.41, 5.74) is 0.882. The molecule has 20 heavy (non-hydrogen) atoms. The van der Waals surface area contributed by atoms with E-state index in [0.29, 0.717) is 12.8 Å². The summed E-state index contributed by atoms with van der Waals surface area (Å²) in [5, 5.41) is 3.36. The summed E-state index contributed by atoms with van der Waals surface area (Å²) >= 11 is 5.79. The predicted molar refractivity (Wildman–Crippen MR) is 81.4 cm³/mol. The van der Waals surface area contributed by atoms with Crippen LogP contribution in [-0.4, -0.2) is 26.5 Å². The molecule has 3 nitrogen and oxygen atoms in total. The van der Waals surface area contributed by atoms with Crippen molar-refractivity contribution in [2.45, 2.75) is 32.7 Å². The maximum absolute atomic E-state index is 13.2. The number of benzene rings is 1. The summed E-state index contributed by atoms with van der Waals surface area (Å²) < 4.78 is 36.1. The highest BCUT2D eigenvalue weighted by Gasteiger charge is 2.14. The highest BCUT2D eigenvalue weighted by atomic mass is 35.5. The van der Waals surface area contributed by atoms with Crippen LogP contribution >= 0.6 is 11.6 Å². The second-order valence-electron chi connectivity index (χ2n) is 4.66. The van der Waals surface area contributed by atoms with Crippen molar-refractivity contribution in [3.05, 3.63) is 34.6 Å². The van der Waals surface area contributed by atoms with Crippen LogP contribution < -0.4 is 5.32 Å². The highest BCUT2D eigenvalue weighted by Crippen LogP contribution is 2.24. The minimum atomic E-state index is -2.94. The lowest BCUT2D eigenvalue weighted by atomic mass is 10.0. The Kier molecular flexibility index (Phi) is 6.92. The molecule has 1 N–H and O–H groups in total. The van der Waals surface area contributed by atoms with E-state index in [1.807, 2.05) is 6.92 Å². The van der Waals surface area contributed by atoms with Gasteiger partial charge in [-0.2, -0.15) is 0 Å². The van der Waals surface area contributed by atoms with Gasteiger partial charge in [0.15, 0.2) is 0 Å². The standard InChI is InChI=1S/C14H21ClFNO2S/c1-3-17-14(6-5-9-20(18,19)4-2)11-7-8-13(16)12(15)10-11/h7-8,10,14,17H,3-6,9H2,1-2H3. The third-order valence-electron chi connectivity index (χ3n) is 3.18. The second-order valence-corrected chi connectivity index (χ2v) is 7.54. The van der Waals surface area contributed by atoms with E-state index in [0.717, 1.165) is 12.1 Å². The van der Waals surface area contributed by atoms with E-state index in [1.54, 1.807) is 19.1 Å². The first-order valence-electron chi connectivity index (χ1n) is 6.78. The molecular weight excluding hydrogens is 301 g/mol. The highest BCUT2D eigenvalue weighted by molar-refractivity contribution is 7.91. The first kappa shape index (κ1) is 17.4. The topological polar surface area (TPSA) is 46.2 Å². The second kappa shape index (κ2) is 7.96. The molecule has 1 rings (SSSR count). The van der Waals surface area contributed by atoms with Gasteiger partial charge in [0.1, 0.15) is 15.7 Å². The van der Waals surface area contributed by atoms with Crippen molar-refractivity contribution in [2.75, 3.05) is 18.1 Å². The summed E-state index contributed by atoms with van der Waals surface area (Å²) in [7, 11) is -2.94. The molecule has 0 saturated heterocycles. The fraction of sp³-hybridized carbons (Fsp3) is 0.571. The summed E-state index contributed by atoms with van der Waals surface area (Å²) in [6.07, 6.45) is 1.25. The molecule has 0 fully saturated rings. The molecule has 0 aromatic heterocycles. The SMILES string of the molecule is CCNC(CCCS(=O)(=O)CC)c1ccc(F)c(Cl)c1. The Hall–Kier alpha value is -0.650. The van der Waals surface area contributed by atoms with E-state index in [1.165, 1.54) is 6.07 Å². The van der Waals surface area contributed by atoms with Crippen LogP contribution in [0, 0.1) is 5.82 Å². The van der Waals surface area contributed by atoms with Crippen molar-refractivity contribution in [3.63, 3.8) is 0 Å². The smallest absolute Gasteiger partial charge is 0.150 e. The van der Waals surface area contributed by atoms with Gasteiger partial charge in [-0.1, -0.05) is 31.5 Å². The van der Waals surface area contributed by atoms with Crippen molar-refractivity contribution in [1.82, 2.24) is 5.32 Å². The fourth-order valence-electron chi connectivity index (χ4n) is 2.01. The molecule has 0 radical (unpaired) electrons. The van der Waals surface area contributed by atoms with Gasteiger partial charge >= 0.3 is 0 Å². The molecule has 0 amide bonds. The zero-order valence-corrected chi connectivity index (χ0v) is 13.4. The van der Waals surface area contributed by atoms with Gasteiger partial charge in [-0.3, -0.25) is 0 Å². The number of nitrogens with one attached hydrogen (secondary N) is 1. The van der Waals surface area contributed by atoms with Crippen LogP contribution in [0.25, 0.3) is 0 Å². The van der Waals surface area contributed by atoms with Crippen LogP contribution in [0.2, 0.25) is 5.02 Å². The molecule has 1 unspecified atom stereocenters. The van der Waals surface area contributed by atoms with Gasteiger partial charge in [0, 0.05) is 11.8 Å². The molecule has 1 aromatic carbocycles. The Balaban J connectivity index is 2.71. The van der Waals surface area contributed by atoms with Gasteiger partial charge in [0.2, 0.25) is 0 Å². The monoisotopic (exact) mass is 321 g/mol.